The van der Waals surface area contributed by atoms with E-state index in [9.17, 15) is 5.11 Å². The number of hydrogen-bond donors (Lipinski definition) is 1. The number of β-amino-alcohol motifs (C(OH)–C–C–N with tert-alkyl or cyclic N) is 1. The highest BCUT2D eigenvalue weighted by Gasteiger charge is 2.20. The largest absolute Gasteiger partial charge is 0.390 e. The van der Waals surface area contributed by atoms with Crippen molar-refractivity contribution in [2.75, 3.05) is 37.6 Å². The number of anilines is 1. The molecule has 5 rings (SSSR count). The molecule has 4 aromatic rings. The highest BCUT2D eigenvalue weighted by molar-refractivity contribution is 6.07. The van der Waals surface area contributed by atoms with Gasteiger partial charge in [0.2, 0.25) is 0 Å². The van der Waals surface area contributed by atoms with Gasteiger partial charge in [0.1, 0.15) is 0 Å². The third-order valence-electron chi connectivity index (χ3n) is 6.31. The highest BCUT2D eigenvalue weighted by Crippen LogP contribution is 2.29. The zero-order valence-corrected chi connectivity index (χ0v) is 17.5. The van der Waals surface area contributed by atoms with Gasteiger partial charge in [0.25, 0.3) is 0 Å². The molecular weight excluding hydrogens is 370 g/mol. The monoisotopic (exact) mass is 399 g/mol. The van der Waals surface area contributed by atoms with E-state index in [0.717, 1.165) is 26.2 Å². The van der Waals surface area contributed by atoms with Gasteiger partial charge in [-0.3, -0.25) is 4.90 Å². The van der Waals surface area contributed by atoms with Gasteiger partial charge in [-0.2, -0.15) is 0 Å². The molecule has 2 heterocycles. The number of rotatable bonds is 5. The molecule has 0 saturated carbocycles. The molecule has 1 atom stereocenters. The Morgan fingerprint density at radius 1 is 0.733 bits per heavy atom. The van der Waals surface area contributed by atoms with Crippen molar-refractivity contribution < 1.29 is 5.11 Å². The number of fused-ring (bicyclic) bond motifs is 3. The number of aromatic nitrogens is 1. The molecule has 154 valence electrons. The molecule has 1 aliphatic rings. The second-order valence-corrected chi connectivity index (χ2v) is 8.42. The molecule has 0 bridgehead atoms. The summed E-state index contributed by atoms with van der Waals surface area (Å²) in [4.78, 5) is 4.83. The van der Waals surface area contributed by atoms with Crippen LogP contribution in [0.2, 0.25) is 0 Å². The zero-order chi connectivity index (χ0) is 20.5. The SMILES string of the molecule is Cc1ccc(N2CCN(CC(O)Cn3c4ccccc4c4ccccc43)CC2)cc1. The summed E-state index contributed by atoms with van der Waals surface area (Å²) in [6.07, 6.45) is -0.393. The number of aliphatic hydroxyl groups is 1. The molecule has 3 aromatic carbocycles. The molecule has 1 saturated heterocycles. The van der Waals surface area contributed by atoms with Gasteiger partial charge in [-0.15, -0.1) is 0 Å². The summed E-state index contributed by atoms with van der Waals surface area (Å²) in [7, 11) is 0. The van der Waals surface area contributed by atoms with Crippen LogP contribution in [0.1, 0.15) is 5.56 Å². The van der Waals surface area contributed by atoms with Crippen LogP contribution >= 0.6 is 0 Å². The maximum absolute atomic E-state index is 10.9. The summed E-state index contributed by atoms with van der Waals surface area (Å²) >= 11 is 0. The summed E-state index contributed by atoms with van der Waals surface area (Å²) in [6, 6.07) is 25.8. The third-order valence-corrected chi connectivity index (χ3v) is 6.31. The number of benzene rings is 3. The molecule has 30 heavy (non-hydrogen) atoms. The average Bonchev–Trinajstić information content (AvgIpc) is 3.09. The Hall–Kier alpha value is -2.82. The second-order valence-electron chi connectivity index (χ2n) is 8.42. The second kappa shape index (κ2) is 8.13. The van der Waals surface area contributed by atoms with Crippen molar-refractivity contribution >= 4 is 27.5 Å². The van der Waals surface area contributed by atoms with Crippen LogP contribution in [0.5, 0.6) is 0 Å². The van der Waals surface area contributed by atoms with Crippen LogP contribution in [0.15, 0.2) is 72.8 Å². The van der Waals surface area contributed by atoms with Gasteiger partial charge in [0.05, 0.1) is 12.6 Å². The molecular formula is C26H29N3O. The zero-order valence-electron chi connectivity index (χ0n) is 17.5. The Morgan fingerprint density at radius 3 is 1.90 bits per heavy atom. The Kier molecular flexibility index (Phi) is 5.19. The van der Waals surface area contributed by atoms with Gasteiger partial charge in [-0.1, -0.05) is 54.1 Å². The number of aryl methyl sites for hydroxylation is 1. The van der Waals surface area contributed by atoms with Gasteiger partial charge < -0.3 is 14.6 Å². The van der Waals surface area contributed by atoms with Gasteiger partial charge >= 0.3 is 0 Å². The van der Waals surface area contributed by atoms with Crippen LogP contribution in [0.25, 0.3) is 21.8 Å². The lowest BCUT2D eigenvalue weighted by atomic mass is 10.2. The average molecular weight is 400 g/mol. The summed E-state index contributed by atoms with van der Waals surface area (Å²) in [5.41, 5.74) is 4.99. The van der Waals surface area contributed by atoms with E-state index in [-0.39, 0.29) is 0 Å². The van der Waals surface area contributed by atoms with Crippen LogP contribution in [0.4, 0.5) is 5.69 Å². The van der Waals surface area contributed by atoms with Crippen LogP contribution in [0, 0.1) is 6.92 Å². The fourth-order valence-electron chi connectivity index (χ4n) is 4.71. The van der Waals surface area contributed by atoms with Gasteiger partial charge in [0, 0.05) is 60.2 Å². The summed E-state index contributed by atoms with van der Waals surface area (Å²) in [6.45, 7) is 7.43. The lowest BCUT2D eigenvalue weighted by Gasteiger charge is -2.37. The lowest BCUT2D eigenvalue weighted by molar-refractivity contribution is 0.0969. The smallest absolute Gasteiger partial charge is 0.0845 e. The summed E-state index contributed by atoms with van der Waals surface area (Å²) < 4.78 is 2.28. The lowest BCUT2D eigenvalue weighted by Crippen LogP contribution is -2.49. The van der Waals surface area contributed by atoms with E-state index in [1.807, 2.05) is 0 Å². The normalized spacial score (nSPS) is 16.4. The standard InChI is InChI=1S/C26H29N3O/c1-20-10-12-21(13-11-20)28-16-14-27(15-17-28)18-22(30)19-29-25-8-4-2-6-23(25)24-7-3-5-9-26(24)29/h2-13,22,30H,14-19H2,1H3. The minimum atomic E-state index is -0.393. The van der Waals surface area contributed by atoms with Crippen LogP contribution < -0.4 is 4.90 Å². The van der Waals surface area contributed by atoms with E-state index in [1.165, 1.54) is 33.1 Å². The predicted octanol–water partition coefficient (Wildman–Crippen LogP) is 4.29. The first-order chi connectivity index (χ1) is 14.7. The maximum Gasteiger partial charge on any atom is 0.0845 e. The van der Waals surface area contributed by atoms with Crippen LogP contribution in [-0.4, -0.2) is 53.4 Å². The van der Waals surface area contributed by atoms with Crippen molar-refractivity contribution in [1.82, 2.24) is 9.47 Å². The fraction of sp³-hybridized carbons (Fsp3) is 0.308. The van der Waals surface area contributed by atoms with Crippen molar-refractivity contribution in [3.05, 3.63) is 78.4 Å². The minimum Gasteiger partial charge on any atom is -0.390 e. The Balaban J connectivity index is 1.26. The van der Waals surface area contributed by atoms with Crippen molar-refractivity contribution in [1.29, 1.82) is 0 Å². The van der Waals surface area contributed by atoms with E-state index in [1.54, 1.807) is 0 Å². The van der Waals surface area contributed by atoms with Gasteiger partial charge in [0.15, 0.2) is 0 Å². The first-order valence-corrected chi connectivity index (χ1v) is 10.9. The molecule has 0 spiro atoms. The van der Waals surface area contributed by atoms with Gasteiger partial charge in [-0.25, -0.2) is 0 Å². The Bertz CT molecular complexity index is 1090. The van der Waals surface area contributed by atoms with Gasteiger partial charge in [-0.05, 0) is 31.2 Å². The summed E-state index contributed by atoms with van der Waals surface area (Å²) in [5, 5.41) is 13.4. The molecule has 1 N–H and O–H groups in total. The molecule has 4 heteroatoms. The molecule has 4 nitrogen and oxygen atoms in total. The van der Waals surface area contributed by atoms with E-state index in [4.69, 9.17) is 0 Å². The van der Waals surface area contributed by atoms with Crippen LogP contribution in [0.3, 0.4) is 0 Å². The highest BCUT2D eigenvalue weighted by atomic mass is 16.3. The van der Waals surface area contributed by atoms with E-state index in [2.05, 4.69) is 94.1 Å². The molecule has 1 unspecified atom stereocenters. The topological polar surface area (TPSA) is 31.6 Å². The third kappa shape index (κ3) is 3.69. The van der Waals surface area contributed by atoms with Crippen LogP contribution in [-0.2, 0) is 6.54 Å². The predicted molar refractivity (Wildman–Crippen MR) is 125 cm³/mol. The first kappa shape index (κ1) is 19.2. The minimum absolute atomic E-state index is 0.393. The quantitative estimate of drug-likeness (QED) is 0.543. The molecule has 1 aliphatic heterocycles. The van der Waals surface area contributed by atoms with Crippen molar-refractivity contribution in [2.24, 2.45) is 0 Å². The fourth-order valence-corrected chi connectivity index (χ4v) is 4.71. The molecule has 0 aliphatic carbocycles. The van der Waals surface area contributed by atoms with Crippen molar-refractivity contribution in [3.8, 4) is 0 Å². The number of piperazine rings is 1. The number of hydrogen-bond acceptors (Lipinski definition) is 3. The molecule has 1 aromatic heterocycles. The number of aliphatic hydroxyl groups excluding tert-OH is 1. The maximum atomic E-state index is 10.9. The first-order valence-electron chi connectivity index (χ1n) is 10.9. The molecule has 0 radical (unpaired) electrons. The Labute approximate surface area is 177 Å². The van der Waals surface area contributed by atoms with Crippen molar-refractivity contribution in [3.63, 3.8) is 0 Å². The number of nitrogens with zero attached hydrogens (tertiary/aromatic N) is 3. The van der Waals surface area contributed by atoms with E-state index >= 15 is 0 Å². The van der Waals surface area contributed by atoms with E-state index in [0.29, 0.717) is 13.1 Å². The van der Waals surface area contributed by atoms with Crippen molar-refractivity contribution in [2.45, 2.75) is 19.6 Å². The number of para-hydroxylation sites is 2. The van der Waals surface area contributed by atoms with E-state index < -0.39 is 6.10 Å². The molecule has 1 fully saturated rings. The molecule has 0 amide bonds. The summed E-state index contributed by atoms with van der Waals surface area (Å²) in [5.74, 6) is 0. The Morgan fingerprint density at radius 2 is 1.30 bits per heavy atom.